The number of aromatic amines is 1. The molecule has 3 aromatic heterocycles. The van der Waals surface area contributed by atoms with Gasteiger partial charge in [-0.05, 0) is 62.4 Å². The second kappa shape index (κ2) is 10.1. The normalized spacial score (nSPS) is 21.9. The first-order valence-electron chi connectivity index (χ1n) is 13.7. The Hall–Kier alpha value is -4.19. The van der Waals surface area contributed by atoms with E-state index in [2.05, 4.69) is 31.3 Å². The molecule has 2 fully saturated rings. The second-order valence-electron chi connectivity index (χ2n) is 10.6. The minimum absolute atomic E-state index is 0.00233. The van der Waals surface area contributed by atoms with E-state index in [1.807, 2.05) is 23.4 Å². The number of piperidine rings is 1. The van der Waals surface area contributed by atoms with Crippen LogP contribution in [-0.4, -0.2) is 71.7 Å². The molecule has 2 saturated heterocycles. The fourth-order valence-corrected chi connectivity index (χ4v) is 5.90. The molecule has 6 heterocycles. The number of allylic oxidation sites excluding steroid dienone is 1. The van der Waals surface area contributed by atoms with Gasteiger partial charge in [-0.3, -0.25) is 5.10 Å². The van der Waals surface area contributed by atoms with Gasteiger partial charge < -0.3 is 14.9 Å². The van der Waals surface area contributed by atoms with Crippen LogP contribution in [0.5, 0.6) is 0 Å². The summed E-state index contributed by atoms with van der Waals surface area (Å²) < 4.78 is 30.2. The molecule has 10 nitrogen and oxygen atoms in total. The Morgan fingerprint density at radius 3 is 2.77 bits per heavy atom. The summed E-state index contributed by atoms with van der Waals surface area (Å²) in [5.74, 6) is 1.91. The Morgan fingerprint density at radius 2 is 1.90 bits per heavy atom. The lowest BCUT2D eigenvalue weighted by atomic mass is 10.0. The molecule has 0 saturated carbocycles. The monoisotopic (exact) mass is 545 g/mol. The van der Waals surface area contributed by atoms with Crippen LogP contribution in [0.4, 0.5) is 14.6 Å². The lowest BCUT2D eigenvalue weighted by Gasteiger charge is -2.32. The van der Waals surface area contributed by atoms with Gasteiger partial charge in [0.15, 0.2) is 11.5 Å². The first kappa shape index (κ1) is 24.8. The summed E-state index contributed by atoms with van der Waals surface area (Å²) in [6.45, 7) is 2.24. The molecule has 0 bridgehead atoms. The summed E-state index contributed by atoms with van der Waals surface area (Å²) in [7, 11) is 0. The summed E-state index contributed by atoms with van der Waals surface area (Å²) in [4.78, 5) is 18.5. The zero-order valence-corrected chi connectivity index (χ0v) is 21.8. The third kappa shape index (κ3) is 4.51. The van der Waals surface area contributed by atoms with Crippen molar-refractivity contribution in [2.45, 2.75) is 50.2 Å². The predicted octanol–water partition coefficient (Wildman–Crippen LogP) is 3.99. The number of hydrogen-bond acceptors (Lipinski definition) is 8. The third-order valence-corrected chi connectivity index (χ3v) is 8.03. The summed E-state index contributed by atoms with van der Waals surface area (Å²) in [6, 6.07) is 5.14. The van der Waals surface area contributed by atoms with E-state index in [1.54, 1.807) is 10.7 Å². The Bertz CT molecular complexity index is 1600. The van der Waals surface area contributed by atoms with Gasteiger partial charge >= 0.3 is 0 Å². The zero-order chi connectivity index (χ0) is 27.2. The number of aliphatic hydroxyl groups is 1. The van der Waals surface area contributed by atoms with Gasteiger partial charge in [-0.1, -0.05) is 0 Å². The number of likely N-dealkylation sites (tertiary alicyclic amines) is 1. The lowest BCUT2D eigenvalue weighted by Crippen LogP contribution is -2.35. The number of aromatic nitrogens is 6. The summed E-state index contributed by atoms with van der Waals surface area (Å²) in [5.41, 5.74) is 1.60. The molecule has 0 amide bonds. The van der Waals surface area contributed by atoms with E-state index in [1.165, 1.54) is 12.1 Å². The molecule has 7 rings (SSSR count). The second-order valence-corrected chi connectivity index (χ2v) is 10.6. The Morgan fingerprint density at radius 1 is 1.02 bits per heavy atom. The molecule has 4 aromatic rings. The lowest BCUT2D eigenvalue weighted by molar-refractivity contribution is 0.0963. The van der Waals surface area contributed by atoms with Crippen molar-refractivity contribution in [2.24, 2.45) is 4.99 Å². The van der Waals surface area contributed by atoms with Gasteiger partial charge in [0.2, 0.25) is 0 Å². The molecule has 1 unspecified atom stereocenters. The molecule has 0 spiro atoms. The molecule has 3 aliphatic rings. The molecular weight excluding hydrogens is 516 g/mol. The van der Waals surface area contributed by atoms with E-state index in [0.717, 1.165) is 50.1 Å². The highest BCUT2D eigenvalue weighted by atomic mass is 19.1. The van der Waals surface area contributed by atoms with E-state index < -0.39 is 11.6 Å². The van der Waals surface area contributed by atoms with E-state index >= 15 is 0 Å². The van der Waals surface area contributed by atoms with Crippen LogP contribution >= 0.6 is 0 Å². The zero-order valence-electron chi connectivity index (χ0n) is 21.8. The van der Waals surface area contributed by atoms with Crippen LogP contribution in [0.25, 0.3) is 17.0 Å². The number of benzene rings is 1. The number of aliphatic imine (C=N–C) groups is 1. The quantitative estimate of drug-likeness (QED) is 0.390. The topological polar surface area (TPSA) is 111 Å². The Labute approximate surface area is 229 Å². The molecule has 12 heteroatoms. The summed E-state index contributed by atoms with van der Waals surface area (Å²) in [5, 5.41) is 21.9. The largest absolute Gasteiger partial charge is 0.393 e. The Kier molecular flexibility index (Phi) is 6.26. The fraction of sp³-hybridized carbons (Fsp3) is 0.393. The molecule has 2 atom stereocenters. The average Bonchev–Trinajstić information content (AvgIpc) is 3.74. The predicted molar refractivity (Wildman–Crippen MR) is 145 cm³/mol. The number of fused-ring (bicyclic) bond motifs is 1. The molecule has 1 aromatic carbocycles. The maximum Gasteiger partial charge on any atom is 0.186 e. The Balaban J connectivity index is 1.16. The first-order chi connectivity index (χ1) is 19.5. The van der Waals surface area contributed by atoms with E-state index in [9.17, 15) is 13.9 Å². The van der Waals surface area contributed by atoms with Gasteiger partial charge in [0, 0.05) is 43.5 Å². The van der Waals surface area contributed by atoms with Crippen molar-refractivity contribution in [3.63, 3.8) is 0 Å². The van der Waals surface area contributed by atoms with Crippen LogP contribution in [-0.2, 0) is 0 Å². The maximum absolute atomic E-state index is 14.6. The van der Waals surface area contributed by atoms with Crippen LogP contribution in [0.1, 0.15) is 55.5 Å². The van der Waals surface area contributed by atoms with E-state index in [-0.39, 0.29) is 18.1 Å². The van der Waals surface area contributed by atoms with Crippen molar-refractivity contribution >= 4 is 17.7 Å². The molecular formula is C28H29F2N9O. The molecule has 0 aliphatic carbocycles. The van der Waals surface area contributed by atoms with Crippen molar-refractivity contribution in [3.05, 3.63) is 71.6 Å². The highest BCUT2D eigenvalue weighted by Crippen LogP contribution is 2.37. The van der Waals surface area contributed by atoms with E-state index in [0.29, 0.717) is 47.8 Å². The van der Waals surface area contributed by atoms with Gasteiger partial charge in [-0.25, -0.2) is 28.3 Å². The van der Waals surface area contributed by atoms with Crippen LogP contribution in [0.3, 0.4) is 0 Å². The number of nitrogens with zero attached hydrogens (tertiary/aromatic N) is 8. The maximum atomic E-state index is 14.6. The van der Waals surface area contributed by atoms with Gasteiger partial charge in [0.25, 0.3) is 0 Å². The van der Waals surface area contributed by atoms with Crippen molar-refractivity contribution in [1.29, 1.82) is 0 Å². The van der Waals surface area contributed by atoms with Crippen LogP contribution in [0.15, 0.2) is 53.5 Å². The number of aliphatic hydroxyl groups excluding tert-OH is 1. The number of hydrogen-bond donors (Lipinski definition) is 2. The molecule has 0 radical (unpaired) electrons. The highest BCUT2D eigenvalue weighted by Gasteiger charge is 2.30. The van der Waals surface area contributed by atoms with Crippen LogP contribution in [0.2, 0.25) is 0 Å². The standard InChI is InChI=1S/C28H29F2N9O/c29-18-3-4-22(30)20(15-18)23-2-1-10-38(23)24-8-13-39-28(33-24)21(16-32-39)27-34-26(35-36-27)17-5-9-31-25(14-17)37-11-6-19(40)7-12-37/h3-4,8-9,13-17,19,23,40H,1-2,5-7,10-12H2,(H,34,35,36)/t17?,23-/m1/s1. The van der Waals surface area contributed by atoms with E-state index in [4.69, 9.17) is 9.97 Å². The summed E-state index contributed by atoms with van der Waals surface area (Å²) in [6.07, 6.45) is 11.0. The van der Waals surface area contributed by atoms with Gasteiger partial charge in [0.05, 0.1) is 23.9 Å². The molecule has 40 heavy (non-hydrogen) atoms. The van der Waals surface area contributed by atoms with Gasteiger partial charge in [-0.2, -0.15) is 10.2 Å². The number of halogens is 2. The third-order valence-electron chi connectivity index (χ3n) is 8.03. The number of nitrogens with one attached hydrogen (secondary N) is 1. The van der Waals surface area contributed by atoms with Crippen molar-refractivity contribution in [3.8, 4) is 11.4 Å². The van der Waals surface area contributed by atoms with Crippen LogP contribution < -0.4 is 4.90 Å². The minimum atomic E-state index is -0.453. The number of H-pyrrole nitrogens is 1. The molecule has 3 aliphatic heterocycles. The average molecular weight is 546 g/mol. The van der Waals surface area contributed by atoms with Crippen molar-refractivity contribution in [1.82, 2.24) is 34.7 Å². The smallest absolute Gasteiger partial charge is 0.186 e. The summed E-state index contributed by atoms with van der Waals surface area (Å²) >= 11 is 0. The SMILES string of the molecule is OC1CCN(C2=CC(c3nc(-c4cnn5ccc(N6CCC[C@@H]6c6cc(F)ccc6F)nc45)n[nH]3)CC=N2)CC1. The minimum Gasteiger partial charge on any atom is -0.393 e. The van der Waals surface area contributed by atoms with Crippen molar-refractivity contribution in [2.75, 3.05) is 24.5 Å². The van der Waals surface area contributed by atoms with Crippen LogP contribution in [0, 0.1) is 11.6 Å². The highest BCUT2D eigenvalue weighted by molar-refractivity contribution is 5.73. The number of rotatable bonds is 5. The fourth-order valence-electron chi connectivity index (χ4n) is 5.90. The van der Waals surface area contributed by atoms with Gasteiger partial charge in [0.1, 0.15) is 29.1 Å². The first-order valence-corrected chi connectivity index (χ1v) is 13.7. The van der Waals surface area contributed by atoms with Gasteiger partial charge in [-0.15, -0.1) is 0 Å². The number of anilines is 1. The molecule has 2 N–H and O–H groups in total. The van der Waals surface area contributed by atoms with Crippen molar-refractivity contribution < 1.29 is 13.9 Å². The molecule has 206 valence electrons.